The van der Waals surface area contributed by atoms with E-state index in [0.717, 1.165) is 27.3 Å². The van der Waals surface area contributed by atoms with Crippen LogP contribution in [0.25, 0.3) is 11.1 Å². The molecule has 0 bridgehead atoms. The first-order chi connectivity index (χ1) is 14.5. The topological polar surface area (TPSA) is 47.6 Å². The molecule has 1 aliphatic heterocycles. The molecule has 1 unspecified atom stereocenters. The number of fused-ring (bicyclic) bond motifs is 1. The van der Waals surface area contributed by atoms with E-state index < -0.39 is 0 Å². The first-order valence-electron chi connectivity index (χ1n) is 9.94. The Bertz CT molecular complexity index is 1060. The number of anilines is 1. The van der Waals surface area contributed by atoms with Gasteiger partial charge in [-0.15, -0.1) is 11.3 Å². The third-order valence-corrected chi connectivity index (χ3v) is 6.20. The highest BCUT2D eigenvalue weighted by Crippen LogP contribution is 2.47. The van der Waals surface area contributed by atoms with E-state index in [2.05, 4.69) is 19.2 Å². The van der Waals surface area contributed by atoms with E-state index in [-0.39, 0.29) is 17.6 Å². The van der Waals surface area contributed by atoms with E-state index in [9.17, 15) is 9.18 Å². The summed E-state index contributed by atoms with van der Waals surface area (Å²) in [6.45, 7) is 4.80. The van der Waals surface area contributed by atoms with Crippen LogP contribution in [-0.2, 0) is 4.79 Å². The summed E-state index contributed by atoms with van der Waals surface area (Å²) in [6.07, 6.45) is 0.367. The highest BCUT2D eigenvalue weighted by Gasteiger charge is 2.31. The van der Waals surface area contributed by atoms with Gasteiger partial charge in [0.15, 0.2) is 11.5 Å². The van der Waals surface area contributed by atoms with Crippen LogP contribution in [0, 0.1) is 11.7 Å². The molecular formula is C24H24FNO3S. The van der Waals surface area contributed by atoms with Gasteiger partial charge < -0.3 is 14.8 Å². The summed E-state index contributed by atoms with van der Waals surface area (Å²) in [7, 11) is 1.62. The molecule has 1 atom stereocenters. The molecule has 2 aromatic carbocycles. The minimum absolute atomic E-state index is 0.0339. The van der Waals surface area contributed by atoms with Gasteiger partial charge in [-0.05, 0) is 41.3 Å². The Morgan fingerprint density at radius 2 is 1.93 bits per heavy atom. The van der Waals surface area contributed by atoms with Gasteiger partial charge in [-0.25, -0.2) is 4.39 Å². The maximum atomic E-state index is 13.3. The third kappa shape index (κ3) is 4.05. The average molecular weight is 426 g/mol. The predicted octanol–water partition coefficient (Wildman–Crippen LogP) is 6.07. The predicted molar refractivity (Wildman–Crippen MR) is 118 cm³/mol. The molecule has 4 rings (SSSR count). The molecule has 156 valence electrons. The largest absolute Gasteiger partial charge is 0.493 e. The summed E-state index contributed by atoms with van der Waals surface area (Å²) < 4.78 is 24.7. The number of hydrogen-bond acceptors (Lipinski definition) is 4. The summed E-state index contributed by atoms with van der Waals surface area (Å²) in [5.74, 6) is 1.39. The smallest absolute Gasteiger partial charge is 0.225 e. The minimum Gasteiger partial charge on any atom is -0.493 e. The van der Waals surface area contributed by atoms with Crippen LogP contribution < -0.4 is 14.8 Å². The van der Waals surface area contributed by atoms with Crippen LogP contribution >= 0.6 is 11.3 Å². The van der Waals surface area contributed by atoms with Gasteiger partial charge in [-0.2, -0.15) is 0 Å². The molecule has 30 heavy (non-hydrogen) atoms. The Kier molecular flexibility index (Phi) is 5.77. The molecule has 0 fully saturated rings. The number of carbonyl (C=O) groups excluding carboxylic acids is 1. The normalized spacial score (nSPS) is 15.6. The van der Waals surface area contributed by atoms with Crippen LogP contribution in [0.2, 0.25) is 0 Å². The highest BCUT2D eigenvalue weighted by atomic mass is 32.1. The van der Waals surface area contributed by atoms with Gasteiger partial charge in [0, 0.05) is 28.2 Å². The van der Waals surface area contributed by atoms with E-state index in [1.807, 2.05) is 23.6 Å². The molecular weight excluding hydrogens is 401 g/mol. The summed E-state index contributed by atoms with van der Waals surface area (Å²) in [6, 6.07) is 12.2. The van der Waals surface area contributed by atoms with Crippen molar-refractivity contribution >= 4 is 22.9 Å². The van der Waals surface area contributed by atoms with Crippen molar-refractivity contribution in [3.63, 3.8) is 0 Å². The third-order valence-electron chi connectivity index (χ3n) is 5.11. The molecule has 3 aromatic rings. The number of amides is 1. The molecule has 1 amide bonds. The first kappa shape index (κ1) is 20.4. The van der Waals surface area contributed by atoms with Gasteiger partial charge in [-0.1, -0.05) is 32.0 Å². The fourth-order valence-electron chi connectivity index (χ4n) is 3.61. The molecule has 0 saturated carbocycles. The lowest BCUT2D eigenvalue weighted by atomic mass is 9.89. The molecule has 1 aliphatic rings. The molecule has 0 aliphatic carbocycles. The van der Waals surface area contributed by atoms with Crippen molar-refractivity contribution in [3.05, 3.63) is 64.1 Å². The average Bonchev–Trinajstić information content (AvgIpc) is 3.15. The number of nitrogens with one attached hydrogen (secondary N) is 1. The highest BCUT2D eigenvalue weighted by molar-refractivity contribution is 7.11. The van der Waals surface area contributed by atoms with Crippen LogP contribution in [-0.4, -0.2) is 19.6 Å². The Morgan fingerprint density at radius 1 is 1.17 bits per heavy atom. The van der Waals surface area contributed by atoms with Gasteiger partial charge in [-0.3, -0.25) is 4.79 Å². The molecule has 0 spiro atoms. The fourth-order valence-corrected chi connectivity index (χ4v) is 4.78. The monoisotopic (exact) mass is 425 g/mol. The lowest BCUT2D eigenvalue weighted by Gasteiger charge is -2.24. The van der Waals surface area contributed by atoms with Crippen LogP contribution in [0.1, 0.15) is 36.6 Å². The van der Waals surface area contributed by atoms with Gasteiger partial charge in [0.05, 0.1) is 19.4 Å². The quantitative estimate of drug-likeness (QED) is 0.521. The standard InChI is InChI=1S/C24H24FNO3S/c1-14(2)12-29-20-9-6-16(10-21(20)28-3)18-11-22(27)26-23-19(13-30-24(18)23)15-4-7-17(25)8-5-15/h4-10,13-14,18H,11-12H2,1-3H3,(H,26,27). The maximum absolute atomic E-state index is 13.3. The summed E-state index contributed by atoms with van der Waals surface area (Å²) in [5.41, 5.74) is 3.61. The van der Waals surface area contributed by atoms with E-state index in [4.69, 9.17) is 9.47 Å². The number of rotatable bonds is 6. The maximum Gasteiger partial charge on any atom is 0.225 e. The van der Waals surface area contributed by atoms with Crippen molar-refractivity contribution in [2.24, 2.45) is 5.92 Å². The number of carbonyl (C=O) groups is 1. The summed E-state index contributed by atoms with van der Waals surface area (Å²) in [4.78, 5) is 13.6. The minimum atomic E-state index is -0.281. The Morgan fingerprint density at radius 3 is 2.63 bits per heavy atom. The SMILES string of the molecule is COc1cc(C2CC(=O)Nc3c(-c4ccc(F)cc4)csc32)ccc1OCC(C)C. The van der Waals surface area contributed by atoms with E-state index in [1.165, 1.54) is 12.1 Å². The zero-order valence-corrected chi connectivity index (χ0v) is 18.0. The molecule has 6 heteroatoms. The summed E-state index contributed by atoms with van der Waals surface area (Å²) in [5, 5.41) is 5.04. The van der Waals surface area contributed by atoms with E-state index in [0.29, 0.717) is 30.4 Å². The fraction of sp³-hybridized carbons (Fsp3) is 0.292. The van der Waals surface area contributed by atoms with Gasteiger partial charge >= 0.3 is 0 Å². The molecule has 1 N–H and O–H groups in total. The zero-order chi connectivity index (χ0) is 21.3. The second kappa shape index (κ2) is 8.48. The lowest BCUT2D eigenvalue weighted by molar-refractivity contribution is -0.116. The second-order valence-electron chi connectivity index (χ2n) is 7.82. The number of thiophene rings is 1. The van der Waals surface area contributed by atoms with Crippen molar-refractivity contribution in [1.82, 2.24) is 0 Å². The van der Waals surface area contributed by atoms with Crippen LogP contribution in [0.4, 0.5) is 10.1 Å². The van der Waals surface area contributed by atoms with Crippen molar-refractivity contribution in [1.29, 1.82) is 0 Å². The van der Waals surface area contributed by atoms with E-state index >= 15 is 0 Å². The molecule has 1 aromatic heterocycles. The van der Waals surface area contributed by atoms with Gasteiger partial charge in [0.25, 0.3) is 0 Å². The second-order valence-corrected chi connectivity index (χ2v) is 8.73. The van der Waals surface area contributed by atoms with Crippen LogP contribution in [0.15, 0.2) is 47.8 Å². The molecule has 2 heterocycles. The van der Waals surface area contributed by atoms with Gasteiger partial charge in [0.1, 0.15) is 5.82 Å². The lowest BCUT2D eigenvalue weighted by Crippen LogP contribution is -2.22. The molecule has 4 nitrogen and oxygen atoms in total. The first-order valence-corrected chi connectivity index (χ1v) is 10.8. The Labute approximate surface area is 179 Å². The van der Waals surface area contributed by atoms with Gasteiger partial charge in [0.2, 0.25) is 5.91 Å². The van der Waals surface area contributed by atoms with E-state index in [1.54, 1.807) is 30.6 Å². The molecule has 0 saturated heterocycles. The summed E-state index contributed by atoms with van der Waals surface area (Å²) >= 11 is 1.61. The van der Waals surface area contributed by atoms with Crippen molar-refractivity contribution < 1.29 is 18.7 Å². The van der Waals surface area contributed by atoms with Crippen molar-refractivity contribution in [2.45, 2.75) is 26.2 Å². The number of methoxy groups -OCH3 is 1. The zero-order valence-electron chi connectivity index (χ0n) is 17.2. The van der Waals surface area contributed by atoms with Crippen LogP contribution in [0.3, 0.4) is 0 Å². The number of benzene rings is 2. The van der Waals surface area contributed by atoms with Crippen LogP contribution in [0.5, 0.6) is 11.5 Å². The number of halogens is 1. The number of hydrogen-bond donors (Lipinski definition) is 1. The van der Waals surface area contributed by atoms with Crippen molar-refractivity contribution in [3.8, 4) is 22.6 Å². The Balaban J connectivity index is 1.70. The Hall–Kier alpha value is -2.86. The number of ether oxygens (including phenoxy) is 2. The molecule has 0 radical (unpaired) electrons. The van der Waals surface area contributed by atoms with Crippen molar-refractivity contribution in [2.75, 3.05) is 19.0 Å².